The summed E-state index contributed by atoms with van der Waals surface area (Å²) in [6.45, 7) is 7.10. The van der Waals surface area contributed by atoms with E-state index in [2.05, 4.69) is 15.9 Å². The molecule has 5 rings (SSSR count). The minimum absolute atomic E-state index is 0.0408. The van der Waals surface area contributed by atoms with E-state index in [1.807, 2.05) is 60.4 Å². The zero-order valence-electron chi connectivity index (χ0n) is 23.7. The van der Waals surface area contributed by atoms with E-state index in [-0.39, 0.29) is 23.7 Å². The lowest BCUT2D eigenvalue weighted by Crippen LogP contribution is -2.48. The largest absolute Gasteiger partial charge is 0.497 e. The molecular formula is C33H38F3N3O2. The Balaban J connectivity index is 1.33. The number of carbonyl (C=O) groups excluding carboxylic acids is 1. The summed E-state index contributed by atoms with van der Waals surface area (Å²) in [5.74, 6) is 0.500. The molecular weight excluding hydrogens is 527 g/mol. The van der Waals surface area contributed by atoms with E-state index in [0.29, 0.717) is 25.1 Å². The lowest BCUT2D eigenvalue weighted by molar-refractivity contribution is -0.137. The molecule has 0 spiro atoms. The molecule has 218 valence electrons. The van der Waals surface area contributed by atoms with Gasteiger partial charge in [0.25, 0.3) is 0 Å². The maximum atomic E-state index is 13.8. The number of carbonyl (C=O) groups is 1. The highest BCUT2D eigenvalue weighted by Crippen LogP contribution is 2.38. The maximum Gasteiger partial charge on any atom is 0.416 e. The van der Waals surface area contributed by atoms with Crippen LogP contribution in [0, 0.1) is 5.92 Å². The summed E-state index contributed by atoms with van der Waals surface area (Å²) in [5, 5.41) is 0. The van der Waals surface area contributed by atoms with Crippen molar-refractivity contribution in [3.05, 3.63) is 95.6 Å². The molecule has 2 fully saturated rings. The minimum Gasteiger partial charge on any atom is -0.497 e. The second-order valence-corrected chi connectivity index (χ2v) is 11.1. The maximum absolute atomic E-state index is 13.8. The molecule has 2 heterocycles. The standard InChI is InChI=1S/C33H38F3N3O2/c1-3-30(24-9-5-4-6-10-24)32(40)39-22-26(31(23-39)25-11-7-12-27(19-25)33(34,35)36)21-37-15-17-38(18-16-37)28-13-8-14-29(20-28)41-2/h4-14,19-20,26,30-31H,3,15-18,21-23H2,1-2H3/t26-,30-,31-/m0/s1. The molecule has 3 atom stereocenters. The van der Waals surface area contributed by atoms with Crippen LogP contribution in [0.4, 0.5) is 18.9 Å². The second-order valence-electron chi connectivity index (χ2n) is 11.1. The number of amides is 1. The molecule has 3 aromatic carbocycles. The van der Waals surface area contributed by atoms with Crippen molar-refractivity contribution in [1.82, 2.24) is 9.80 Å². The number of methoxy groups -OCH3 is 1. The van der Waals surface area contributed by atoms with Crippen molar-refractivity contribution in [2.45, 2.75) is 31.4 Å². The Morgan fingerprint density at radius 2 is 1.66 bits per heavy atom. The summed E-state index contributed by atoms with van der Waals surface area (Å²) in [7, 11) is 1.66. The molecule has 2 saturated heterocycles. The molecule has 0 bridgehead atoms. The van der Waals surface area contributed by atoms with Crippen LogP contribution >= 0.6 is 0 Å². The molecule has 1 amide bonds. The van der Waals surface area contributed by atoms with Gasteiger partial charge in [0.05, 0.1) is 18.6 Å². The Hall–Kier alpha value is -3.52. The first kappa shape index (κ1) is 29.0. The van der Waals surface area contributed by atoms with Crippen LogP contribution in [0.25, 0.3) is 0 Å². The number of piperazine rings is 1. The predicted octanol–water partition coefficient (Wildman–Crippen LogP) is 6.27. The first-order valence-corrected chi connectivity index (χ1v) is 14.4. The Morgan fingerprint density at radius 3 is 2.34 bits per heavy atom. The summed E-state index contributed by atoms with van der Waals surface area (Å²) in [4.78, 5) is 20.4. The minimum atomic E-state index is -4.41. The van der Waals surface area contributed by atoms with E-state index in [1.165, 1.54) is 12.1 Å². The molecule has 41 heavy (non-hydrogen) atoms. The normalized spacial score (nSPS) is 20.7. The van der Waals surface area contributed by atoms with Gasteiger partial charge in [-0.05, 0) is 41.7 Å². The zero-order chi connectivity index (χ0) is 29.0. The SMILES string of the molecule is CC[C@H](C(=O)N1C[C@H](CN2CCN(c3cccc(OC)c3)CC2)[C@H](c2cccc(C(F)(F)F)c2)C1)c1ccccc1. The molecule has 2 aliphatic rings. The second kappa shape index (κ2) is 12.6. The molecule has 0 aliphatic carbocycles. The Bertz CT molecular complexity index is 1310. The molecule has 0 unspecified atom stereocenters. The van der Waals surface area contributed by atoms with Crippen molar-refractivity contribution in [2.24, 2.45) is 5.92 Å². The van der Waals surface area contributed by atoms with Crippen molar-refractivity contribution >= 4 is 11.6 Å². The van der Waals surface area contributed by atoms with Crippen LogP contribution in [0.5, 0.6) is 5.75 Å². The van der Waals surface area contributed by atoms with E-state index in [0.717, 1.165) is 55.8 Å². The molecule has 0 N–H and O–H groups in total. The fourth-order valence-corrected chi connectivity index (χ4v) is 6.35. The van der Waals surface area contributed by atoms with E-state index in [1.54, 1.807) is 13.2 Å². The van der Waals surface area contributed by atoms with Crippen molar-refractivity contribution in [3.63, 3.8) is 0 Å². The Morgan fingerprint density at radius 1 is 0.927 bits per heavy atom. The lowest BCUT2D eigenvalue weighted by Gasteiger charge is -2.38. The Labute approximate surface area is 240 Å². The van der Waals surface area contributed by atoms with Gasteiger partial charge in [-0.3, -0.25) is 9.69 Å². The van der Waals surface area contributed by atoms with Crippen LogP contribution in [0.3, 0.4) is 0 Å². The average Bonchev–Trinajstić information content (AvgIpc) is 3.42. The first-order valence-electron chi connectivity index (χ1n) is 14.4. The van der Waals surface area contributed by atoms with Gasteiger partial charge < -0.3 is 14.5 Å². The van der Waals surface area contributed by atoms with Gasteiger partial charge in [-0.15, -0.1) is 0 Å². The topological polar surface area (TPSA) is 36.0 Å². The Kier molecular flexibility index (Phi) is 8.88. The number of rotatable bonds is 8. The van der Waals surface area contributed by atoms with Gasteiger partial charge in [0.2, 0.25) is 5.91 Å². The van der Waals surface area contributed by atoms with Crippen LogP contribution in [-0.4, -0.2) is 68.6 Å². The van der Waals surface area contributed by atoms with E-state index in [4.69, 9.17) is 4.74 Å². The number of alkyl halides is 3. The summed E-state index contributed by atoms with van der Waals surface area (Å²) in [5.41, 5.74) is 2.12. The van der Waals surface area contributed by atoms with Gasteiger partial charge >= 0.3 is 6.18 Å². The fourth-order valence-electron chi connectivity index (χ4n) is 6.35. The molecule has 3 aromatic rings. The van der Waals surface area contributed by atoms with Crippen molar-refractivity contribution < 1.29 is 22.7 Å². The van der Waals surface area contributed by atoms with Crippen LogP contribution in [0.1, 0.15) is 41.9 Å². The van der Waals surface area contributed by atoms with Crippen LogP contribution in [0.2, 0.25) is 0 Å². The monoisotopic (exact) mass is 565 g/mol. The van der Waals surface area contributed by atoms with Crippen LogP contribution in [0.15, 0.2) is 78.9 Å². The number of hydrogen-bond donors (Lipinski definition) is 0. The number of halogens is 3. The third-order valence-corrected chi connectivity index (χ3v) is 8.59. The number of benzene rings is 3. The number of likely N-dealkylation sites (tertiary alicyclic amines) is 1. The summed E-state index contributed by atoms with van der Waals surface area (Å²) < 4.78 is 46.2. The molecule has 0 aromatic heterocycles. The highest BCUT2D eigenvalue weighted by Gasteiger charge is 2.40. The number of ether oxygens (including phenoxy) is 1. The first-order chi connectivity index (χ1) is 19.8. The van der Waals surface area contributed by atoms with Gasteiger partial charge in [0, 0.05) is 63.5 Å². The summed E-state index contributed by atoms with van der Waals surface area (Å²) >= 11 is 0. The zero-order valence-corrected chi connectivity index (χ0v) is 23.7. The quantitative estimate of drug-likeness (QED) is 0.323. The smallest absolute Gasteiger partial charge is 0.416 e. The lowest BCUT2D eigenvalue weighted by atomic mass is 9.87. The van der Waals surface area contributed by atoms with Gasteiger partial charge in [0.15, 0.2) is 0 Å². The third kappa shape index (κ3) is 6.70. The van der Waals surface area contributed by atoms with Crippen molar-refractivity contribution in [2.75, 3.05) is 57.8 Å². The third-order valence-electron chi connectivity index (χ3n) is 8.59. The molecule has 2 aliphatic heterocycles. The average molecular weight is 566 g/mol. The van der Waals surface area contributed by atoms with Crippen LogP contribution in [-0.2, 0) is 11.0 Å². The number of nitrogens with zero attached hydrogens (tertiary/aromatic N) is 3. The molecule has 8 heteroatoms. The van der Waals surface area contributed by atoms with E-state index in [9.17, 15) is 18.0 Å². The molecule has 5 nitrogen and oxygen atoms in total. The highest BCUT2D eigenvalue weighted by molar-refractivity contribution is 5.84. The highest BCUT2D eigenvalue weighted by atomic mass is 19.4. The van der Waals surface area contributed by atoms with Crippen LogP contribution < -0.4 is 9.64 Å². The number of hydrogen-bond acceptors (Lipinski definition) is 4. The molecule has 0 saturated carbocycles. The number of anilines is 1. The van der Waals surface area contributed by atoms with Crippen molar-refractivity contribution in [3.8, 4) is 5.75 Å². The summed E-state index contributed by atoms with van der Waals surface area (Å²) in [6.07, 6.45) is -3.73. The fraction of sp³-hybridized carbons (Fsp3) is 0.424. The van der Waals surface area contributed by atoms with Gasteiger partial charge in [-0.2, -0.15) is 13.2 Å². The summed E-state index contributed by atoms with van der Waals surface area (Å²) in [6, 6.07) is 23.5. The van der Waals surface area contributed by atoms with E-state index >= 15 is 0 Å². The van der Waals surface area contributed by atoms with Crippen molar-refractivity contribution in [1.29, 1.82) is 0 Å². The van der Waals surface area contributed by atoms with Gasteiger partial charge in [-0.25, -0.2) is 0 Å². The predicted molar refractivity (Wildman–Crippen MR) is 155 cm³/mol. The van der Waals surface area contributed by atoms with Gasteiger partial charge in [-0.1, -0.05) is 61.5 Å². The van der Waals surface area contributed by atoms with Gasteiger partial charge in [0.1, 0.15) is 5.75 Å². The van der Waals surface area contributed by atoms with E-state index < -0.39 is 11.7 Å². The molecule has 0 radical (unpaired) electrons.